The molecule has 2 aliphatic rings. The maximum Gasteiger partial charge on any atom is 0.165 e. The fourth-order valence-electron chi connectivity index (χ4n) is 4.93. The Morgan fingerprint density at radius 2 is 0.810 bits per heavy atom. The average molecular weight is 593 g/mol. The molecule has 0 unspecified atom stereocenters. The number of thioether (sulfide) groups is 2. The SMILES string of the molecule is CC(C)N1C[C@@H](c2ccccc2)SC1=Nc1ccccc1.CC(C)N1C[C@@H](c2ccccc2)SC1=Nc1ccccc1. The highest BCUT2D eigenvalue weighted by Gasteiger charge is 2.32. The summed E-state index contributed by atoms with van der Waals surface area (Å²) in [5, 5.41) is 3.20. The minimum atomic E-state index is 0.466. The third-order valence-corrected chi connectivity index (χ3v) is 9.75. The lowest BCUT2D eigenvalue weighted by Crippen LogP contribution is -2.31. The van der Waals surface area contributed by atoms with E-state index in [-0.39, 0.29) is 0 Å². The van der Waals surface area contributed by atoms with Crippen LogP contribution in [-0.4, -0.2) is 45.3 Å². The molecule has 0 bridgehead atoms. The van der Waals surface area contributed by atoms with Crippen molar-refractivity contribution in [1.29, 1.82) is 0 Å². The third-order valence-electron chi connectivity index (χ3n) is 7.26. The minimum absolute atomic E-state index is 0.466. The van der Waals surface area contributed by atoms with Gasteiger partial charge in [0.15, 0.2) is 10.3 Å². The van der Waals surface area contributed by atoms with Gasteiger partial charge in [0, 0.05) is 25.2 Å². The van der Waals surface area contributed by atoms with E-state index in [4.69, 9.17) is 9.98 Å². The van der Waals surface area contributed by atoms with Crippen LogP contribution in [0.25, 0.3) is 0 Å². The number of hydrogen-bond acceptors (Lipinski definition) is 4. The molecule has 0 radical (unpaired) electrons. The summed E-state index contributed by atoms with van der Waals surface area (Å²) in [5.41, 5.74) is 4.82. The van der Waals surface area contributed by atoms with Crippen LogP contribution >= 0.6 is 23.5 Å². The summed E-state index contributed by atoms with van der Waals surface area (Å²) in [6.07, 6.45) is 0. The molecule has 6 heteroatoms. The second kappa shape index (κ2) is 14.6. The van der Waals surface area contributed by atoms with Crippen molar-refractivity contribution in [3.63, 3.8) is 0 Å². The van der Waals surface area contributed by atoms with E-state index >= 15 is 0 Å². The molecule has 2 heterocycles. The highest BCUT2D eigenvalue weighted by atomic mass is 32.2. The molecule has 0 aliphatic carbocycles. The van der Waals surface area contributed by atoms with Crippen molar-refractivity contribution in [2.24, 2.45) is 9.98 Å². The van der Waals surface area contributed by atoms with Gasteiger partial charge in [-0.05, 0) is 63.1 Å². The van der Waals surface area contributed by atoms with E-state index in [0.717, 1.165) is 34.8 Å². The first-order chi connectivity index (χ1) is 20.5. The second-order valence-corrected chi connectivity index (χ2v) is 13.3. The normalized spacial score (nSPS) is 20.4. The highest BCUT2D eigenvalue weighted by molar-refractivity contribution is 8.14. The van der Waals surface area contributed by atoms with Crippen molar-refractivity contribution >= 4 is 45.2 Å². The molecule has 0 N–H and O–H groups in total. The van der Waals surface area contributed by atoms with Crippen molar-refractivity contribution < 1.29 is 0 Å². The predicted molar refractivity (Wildman–Crippen MR) is 184 cm³/mol. The Bertz CT molecular complexity index is 1330. The number of benzene rings is 4. The summed E-state index contributed by atoms with van der Waals surface area (Å²) in [4.78, 5) is 14.5. The molecule has 0 aromatic heterocycles. The Morgan fingerprint density at radius 1 is 0.500 bits per heavy atom. The van der Waals surface area contributed by atoms with Crippen LogP contribution in [0.4, 0.5) is 11.4 Å². The summed E-state index contributed by atoms with van der Waals surface area (Å²) in [6.45, 7) is 11.0. The summed E-state index contributed by atoms with van der Waals surface area (Å²) in [6, 6.07) is 42.8. The molecule has 4 nitrogen and oxygen atoms in total. The number of amidine groups is 2. The van der Waals surface area contributed by atoms with Crippen LogP contribution in [-0.2, 0) is 0 Å². The van der Waals surface area contributed by atoms with Crippen molar-refractivity contribution in [3.8, 4) is 0 Å². The molecule has 4 aromatic carbocycles. The van der Waals surface area contributed by atoms with E-state index in [2.05, 4.69) is 122 Å². The molecule has 0 spiro atoms. The van der Waals surface area contributed by atoms with E-state index in [1.54, 1.807) is 0 Å². The van der Waals surface area contributed by atoms with Gasteiger partial charge in [-0.3, -0.25) is 0 Å². The maximum atomic E-state index is 4.84. The molecule has 216 valence electrons. The first-order valence-electron chi connectivity index (χ1n) is 14.7. The minimum Gasteiger partial charge on any atom is -0.347 e. The number of nitrogens with zero attached hydrogens (tertiary/aromatic N) is 4. The van der Waals surface area contributed by atoms with Gasteiger partial charge in [0.2, 0.25) is 0 Å². The lowest BCUT2D eigenvalue weighted by Gasteiger charge is -2.22. The Hall–Kier alpha value is -3.48. The van der Waals surface area contributed by atoms with Crippen molar-refractivity contribution in [2.75, 3.05) is 13.1 Å². The molecule has 4 aromatic rings. The van der Waals surface area contributed by atoms with Crippen LogP contribution in [0.15, 0.2) is 131 Å². The summed E-state index contributed by atoms with van der Waals surface area (Å²) in [5.74, 6) is 0. The summed E-state index contributed by atoms with van der Waals surface area (Å²) in [7, 11) is 0. The Labute approximate surface area is 260 Å². The van der Waals surface area contributed by atoms with Crippen LogP contribution in [0.1, 0.15) is 49.3 Å². The van der Waals surface area contributed by atoms with Crippen LogP contribution < -0.4 is 0 Å². The Morgan fingerprint density at radius 3 is 1.12 bits per heavy atom. The second-order valence-electron chi connectivity index (χ2n) is 11.0. The van der Waals surface area contributed by atoms with Crippen molar-refractivity contribution in [2.45, 2.75) is 50.3 Å². The first-order valence-corrected chi connectivity index (χ1v) is 16.5. The van der Waals surface area contributed by atoms with Crippen LogP contribution in [0, 0.1) is 0 Å². The highest BCUT2D eigenvalue weighted by Crippen LogP contribution is 2.41. The molecule has 2 fully saturated rings. The van der Waals surface area contributed by atoms with Gasteiger partial charge in [0.1, 0.15) is 0 Å². The zero-order chi connectivity index (χ0) is 29.3. The van der Waals surface area contributed by atoms with E-state index in [0.29, 0.717) is 22.6 Å². The molecule has 0 saturated carbocycles. The maximum absolute atomic E-state index is 4.84. The van der Waals surface area contributed by atoms with Crippen LogP contribution in [0.3, 0.4) is 0 Å². The van der Waals surface area contributed by atoms with E-state index in [1.165, 1.54) is 11.1 Å². The molecule has 42 heavy (non-hydrogen) atoms. The molecule has 2 saturated heterocycles. The van der Waals surface area contributed by atoms with Gasteiger partial charge in [-0.2, -0.15) is 0 Å². The Kier molecular flexibility index (Phi) is 10.4. The van der Waals surface area contributed by atoms with Gasteiger partial charge in [-0.25, -0.2) is 9.98 Å². The largest absolute Gasteiger partial charge is 0.347 e. The Balaban J connectivity index is 0.000000168. The van der Waals surface area contributed by atoms with Gasteiger partial charge in [-0.1, -0.05) is 121 Å². The van der Waals surface area contributed by atoms with Gasteiger partial charge >= 0.3 is 0 Å². The van der Waals surface area contributed by atoms with Gasteiger partial charge < -0.3 is 9.80 Å². The molecule has 2 atom stereocenters. The summed E-state index contributed by atoms with van der Waals surface area (Å²) >= 11 is 3.74. The van der Waals surface area contributed by atoms with Gasteiger partial charge in [0.05, 0.1) is 21.9 Å². The lowest BCUT2D eigenvalue weighted by atomic mass is 10.1. The molecule has 0 amide bonds. The molecular formula is C36H40N4S2. The van der Waals surface area contributed by atoms with Gasteiger partial charge in [-0.15, -0.1) is 0 Å². The number of rotatable bonds is 6. The van der Waals surface area contributed by atoms with E-state index < -0.39 is 0 Å². The van der Waals surface area contributed by atoms with E-state index in [1.807, 2.05) is 59.9 Å². The topological polar surface area (TPSA) is 31.2 Å². The molecule has 6 rings (SSSR count). The molecular weight excluding hydrogens is 553 g/mol. The number of hydrogen-bond donors (Lipinski definition) is 0. The third kappa shape index (κ3) is 7.87. The van der Waals surface area contributed by atoms with E-state index in [9.17, 15) is 0 Å². The molecule has 2 aliphatic heterocycles. The zero-order valence-electron chi connectivity index (χ0n) is 24.9. The lowest BCUT2D eigenvalue weighted by molar-refractivity contribution is 0.367. The fraction of sp³-hybridized carbons (Fsp3) is 0.278. The smallest absolute Gasteiger partial charge is 0.165 e. The average Bonchev–Trinajstić information content (AvgIpc) is 3.65. The van der Waals surface area contributed by atoms with Crippen LogP contribution in [0.2, 0.25) is 0 Å². The number of para-hydroxylation sites is 2. The van der Waals surface area contributed by atoms with Crippen LogP contribution in [0.5, 0.6) is 0 Å². The zero-order valence-corrected chi connectivity index (χ0v) is 26.5. The monoisotopic (exact) mass is 592 g/mol. The number of aliphatic imine (C=N–C) groups is 2. The predicted octanol–water partition coefficient (Wildman–Crippen LogP) is 9.75. The van der Waals surface area contributed by atoms with Crippen molar-refractivity contribution in [1.82, 2.24) is 9.80 Å². The quantitative estimate of drug-likeness (QED) is 0.223. The standard InChI is InChI=1S/2C18H20N2S/c2*1-14(2)20-13-17(15-9-5-3-6-10-15)21-18(20)19-16-11-7-4-8-12-16/h2*3-12,14,17H,13H2,1-2H3/t2*17-/m00/s1. The van der Waals surface area contributed by atoms with Gasteiger partial charge in [0.25, 0.3) is 0 Å². The van der Waals surface area contributed by atoms with Crippen molar-refractivity contribution in [3.05, 3.63) is 132 Å². The summed E-state index contributed by atoms with van der Waals surface area (Å²) < 4.78 is 0. The fourth-order valence-corrected chi connectivity index (χ4v) is 7.65. The first kappa shape index (κ1) is 30.0.